The lowest BCUT2D eigenvalue weighted by molar-refractivity contribution is 0.311. The van der Waals surface area contributed by atoms with Gasteiger partial charge in [0.1, 0.15) is 11.6 Å². The van der Waals surface area contributed by atoms with Gasteiger partial charge in [0.05, 0.1) is 5.52 Å². The van der Waals surface area contributed by atoms with Crippen molar-refractivity contribution in [3.05, 3.63) is 46.6 Å². The summed E-state index contributed by atoms with van der Waals surface area (Å²) in [6, 6.07) is 4.54. The number of anilines is 3. The van der Waals surface area contributed by atoms with E-state index in [1.807, 2.05) is 12.3 Å². The molecule has 0 atom stereocenters. The average Bonchev–Trinajstić information content (AvgIpc) is 3.41. The van der Waals surface area contributed by atoms with Crippen LogP contribution in [0.4, 0.5) is 25.5 Å². The van der Waals surface area contributed by atoms with E-state index in [2.05, 4.69) is 42.1 Å². The maximum Gasteiger partial charge on any atom is 0.326 e. The van der Waals surface area contributed by atoms with E-state index in [-0.39, 0.29) is 11.4 Å². The van der Waals surface area contributed by atoms with Gasteiger partial charge in [-0.2, -0.15) is 9.97 Å². The van der Waals surface area contributed by atoms with Crippen molar-refractivity contribution >= 4 is 39.0 Å². The molecule has 4 aromatic rings. The summed E-state index contributed by atoms with van der Waals surface area (Å²) in [5, 5.41) is 4.22. The molecular formula is C25H27F2N7OS. The van der Waals surface area contributed by atoms with Crippen LogP contribution in [-0.4, -0.2) is 58.1 Å². The van der Waals surface area contributed by atoms with E-state index in [1.165, 1.54) is 30.2 Å². The van der Waals surface area contributed by atoms with Gasteiger partial charge in [0.2, 0.25) is 5.75 Å². The molecule has 0 bridgehead atoms. The van der Waals surface area contributed by atoms with E-state index >= 15 is 4.39 Å². The highest BCUT2D eigenvalue weighted by Gasteiger charge is 2.24. The molecule has 4 heterocycles. The lowest BCUT2D eigenvalue weighted by Gasteiger charge is -2.33. The number of hydrogen-bond acceptors (Lipinski definition) is 8. The van der Waals surface area contributed by atoms with Crippen molar-refractivity contribution in [1.82, 2.24) is 24.8 Å². The Bertz CT molecular complexity index is 1410. The minimum Gasteiger partial charge on any atom is -0.418 e. The van der Waals surface area contributed by atoms with Crippen molar-refractivity contribution < 1.29 is 13.5 Å². The number of likely N-dealkylation sites (N-methyl/N-ethyl adjacent to an activating group) is 1. The fourth-order valence-corrected chi connectivity index (χ4v) is 5.56. The Hall–Kier alpha value is -3.31. The van der Waals surface area contributed by atoms with Crippen molar-refractivity contribution in [3.8, 4) is 11.8 Å². The molecule has 3 aromatic heterocycles. The van der Waals surface area contributed by atoms with Crippen molar-refractivity contribution in [1.29, 1.82) is 0 Å². The summed E-state index contributed by atoms with van der Waals surface area (Å²) >= 11 is 1.60. The predicted octanol–water partition coefficient (Wildman–Crippen LogP) is 5.56. The Morgan fingerprint density at radius 3 is 2.67 bits per heavy atom. The highest BCUT2D eigenvalue weighted by Crippen LogP contribution is 2.40. The second-order valence-electron chi connectivity index (χ2n) is 9.52. The molecule has 0 unspecified atom stereocenters. The van der Waals surface area contributed by atoms with Crippen molar-refractivity contribution in [3.63, 3.8) is 0 Å². The third-order valence-electron chi connectivity index (χ3n) is 6.89. The maximum absolute atomic E-state index is 15.2. The van der Waals surface area contributed by atoms with E-state index in [9.17, 15) is 4.39 Å². The Morgan fingerprint density at radius 2 is 1.92 bits per heavy atom. The smallest absolute Gasteiger partial charge is 0.326 e. The SMILES string of the molecule is Cc1cc2c(F)c(Oc3nc(Nc4ncc(C5CCC5)s4)cc(N4CCN(C)CC4)n3)c(F)cc2[nH]1. The second-order valence-corrected chi connectivity index (χ2v) is 10.6. The number of nitrogens with zero attached hydrogens (tertiary/aromatic N) is 5. The van der Waals surface area contributed by atoms with E-state index in [4.69, 9.17) is 4.74 Å². The number of rotatable bonds is 6. The minimum absolute atomic E-state index is 0.130. The van der Waals surface area contributed by atoms with Gasteiger partial charge in [-0.15, -0.1) is 11.3 Å². The Kier molecular flexibility index (Phi) is 5.96. The molecule has 1 aromatic carbocycles. The van der Waals surface area contributed by atoms with E-state index in [0.29, 0.717) is 28.2 Å². The molecule has 0 amide bonds. The fraction of sp³-hybridized carbons (Fsp3) is 0.400. The largest absolute Gasteiger partial charge is 0.418 e. The van der Waals surface area contributed by atoms with Gasteiger partial charge < -0.3 is 24.8 Å². The predicted molar refractivity (Wildman–Crippen MR) is 137 cm³/mol. The first-order valence-electron chi connectivity index (χ1n) is 12.1. The van der Waals surface area contributed by atoms with Gasteiger partial charge >= 0.3 is 6.01 Å². The van der Waals surface area contributed by atoms with Crippen LogP contribution in [0.5, 0.6) is 11.8 Å². The number of piperazine rings is 1. The molecule has 2 N–H and O–H groups in total. The number of hydrogen-bond donors (Lipinski definition) is 2. The van der Waals surface area contributed by atoms with Crippen LogP contribution >= 0.6 is 11.3 Å². The molecule has 0 spiro atoms. The van der Waals surface area contributed by atoms with Gasteiger partial charge in [-0.3, -0.25) is 0 Å². The number of aryl methyl sites for hydroxylation is 1. The zero-order valence-electron chi connectivity index (χ0n) is 20.1. The van der Waals surface area contributed by atoms with E-state index in [0.717, 1.165) is 31.9 Å². The van der Waals surface area contributed by atoms with Crippen LogP contribution in [0.25, 0.3) is 10.9 Å². The van der Waals surface area contributed by atoms with Gasteiger partial charge in [0.15, 0.2) is 16.8 Å². The van der Waals surface area contributed by atoms with Crippen molar-refractivity contribution in [2.24, 2.45) is 0 Å². The van der Waals surface area contributed by atoms with Gasteiger partial charge in [-0.1, -0.05) is 6.42 Å². The Balaban J connectivity index is 1.34. The number of fused-ring (bicyclic) bond motifs is 1. The lowest BCUT2D eigenvalue weighted by Crippen LogP contribution is -2.44. The number of ether oxygens (including phenoxy) is 1. The number of halogens is 2. The molecular weight excluding hydrogens is 484 g/mol. The summed E-state index contributed by atoms with van der Waals surface area (Å²) in [6.45, 7) is 5.09. The molecule has 11 heteroatoms. The topological polar surface area (TPSA) is 82.2 Å². The number of aromatic amines is 1. The monoisotopic (exact) mass is 511 g/mol. The summed E-state index contributed by atoms with van der Waals surface area (Å²) in [4.78, 5) is 22.0. The fourth-order valence-electron chi connectivity index (χ4n) is 4.57. The first kappa shape index (κ1) is 23.1. The second kappa shape index (κ2) is 9.29. The molecule has 1 saturated carbocycles. The first-order chi connectivity index (χ1) is 17.4. The molecule has 2 aliphatic rings. The van der Waals surface area contributed by atoms with Crippen LogP contribution in [0.3, 0.4) is 0 Å². The number of aromatic nitrogens is 4. The molecule has 1 saturated heterocycles. The molecule has 0 radical (unpaired) electrons. The number of thiazole rings is 1. The van der Waals surface area contributed by atoms with Crippen molar-refractivity contribution in [2.75, 3.05) is 43.4 Å². The zero-order valence-corrected chi connectivity index (χ0v) is 21.0. The van der Waals surface area contributed by atoms with Gasteiger partial charge in [-0.25, -0.2) is 13.8 Å². The van der Waals surface area contributed by atoms with Crippen LogP contribution in [0, 0.1) is 18.6 Å². The molecule has 6 rings (SSSR count). The molecule has 8 nitrogen and oxygen atoms in total. The number of benzene rings is 1. The van der Waals surface area contributed by atoms with E-state index < -0.39 is 17.4 Å². The van der Waals surface area contributed by atoms with Crippen LogP contribution in [0.1, 0.15) is 35.8 Å². The Morgan fingerprint density at radius 1 is 1.11 bits per heavy atom. The van der Waals surface area contributed by atoms with Crippen LogP contribution in [0.15, 0.2) is 24.4 Å². The summed E-state index contributed by atoms with van der Waals surface area (Å²) in [5.41, 5.74) is 1.10. The molecule has 1 aliphatic carbocycles. The molecule has 1 aliphatic heterocycles. The van der Waals surface area contributed by atoms with Crippen LogP contribution in [0.2, 0.25) is 0 Å². The summed E-state index contributed by atoms with van der Waals surface area (Å²) in [5.74, 6) is -0.461. The van der Waals surface area contributed by atoms with Gasteiger partial charge in [-0.05, 0) is 38.8 Å². The maximum atomic E-state index is 15.2. The average molecular weight is 512 g/mol. The Labute approximate surface area is 211 Å². The zero-order chi connectivity index (χ0) is 24.8. The third kappa shape index (κ3) is 4.48. The van der Waals surface area contributed by atoms with Crippen LogP contribution in [-0.2, 0) is 0 Å². The highest BCUT2D eigenvalue weighted by atomic mass is 32.1. The quantitative estimate of drug-likeness (QED) is 0.351. The molecule has 36 heavy (non-hydrogen) atoms. The summed E-state index contributed by atoms with van der Waals surface area (Å²) < 4.78 is 35.7. The first-order valence-corrected chi connectivity index (χ1v) is 12.9. The molecule has 188 valence electrons. The highest BCUT2D eigenvalue weighted by molar-refractivity contribution is 7.15. The van der Waals surface area contributed by atoms with Gasteiger partial charge in [0.25, 0.3) is 0 Å². The number of nitrogens with one attached hydrogen (secondary N) is 2. The number of H-pyrrole nitrogens is 1. The van der Waals surface area contributed by atoms with Crippen molar-refractivity contribution in [2.45, 2.75) is 32.1 Å². The standard InChI is InChI=1S/C25H27F2N7OS/c1-14-10-16-18(29-14)11-17(26)23(22(16)27)35-24-30-20(12-21(32-24)34-8-6-33(2)7-9-34)31-25-28-13-19(36-25)15-4-3-5-15/h10-13,15,29H,3-9H2,1-2H3,(H,28,30,31,32). The van der Waals surface area contributed by atoms with E-state index in [1.54, 1.807) is 24.3 Å². The summed E-state index contributed by atoms with van der Waals surface area (Å²) in [6.07, 6.45) is 5.56. The van der Waals surface area contributed by atoms with Gasteiger partial charge in [0, 0.05) is 60.5 Å². The summed E-state index contributed by atoms with van der Waals surface area (Å²) in [7, 11) is 2.07. The lowest BCUT2D eigenvalue weighted by atomic mass is 9.85. The normalized spacial score (nSPS) is 16.9. The minimum atomic E-state index is -0.824. The van der Waals surface area contributed by atoms with Crippen LogP contribution < -0.4 is 15.0 Å². The third-order valence-corrected chi connectivity index (χ3v) is 7.96. The molecule has 2 fully saturated rings.